The molecule has 1 aromatic heterocycles. The van der Waals surface area contributed by atoms with Crippen molar-refractivity contribution < 1.29 is 9.90 Å². The number of hydrogen-bond acceptors (Lipinski definition) is 3. The molecule has 0 aromatic carbocycles. The van der Waals surface area contributed by atoms with E-state index < -0.39 is 11.9 Å². The molecule has 1 aliphatic rings. The van der Waals surface area contributed by atoms with E-state index in [1.807, 2.05) is 13.8 Å². The molecule has 1 N–H and O–H groups in total. The molecule has 0 spiro atoms. The zero-order chi connectivity index (χ0) is 12.6. The molecule has 0 aliphatic carbocycles. The molecule has 92 valence electrons. The van der Waals surface area contributed by atoms with Gasteiger partial charge in [0.1, 0.15) is 11.7 Å². The van der Waals surface area contributed by atoms with Gasteiger partial charge in [0, 0.05) is 12.6 Å². The molecule has 1 unspecified atom stereocenters. The van der Waals surface area contributed by atoms with E-state index in [0.717, 1.165) is 0 Å². The second kappa shape index (κ2) is 4.31. The van der Waals surface area contributed by atoms with Gasteiger partial charge in [0.2, 0.25) is 0 Å². The van der Waals surface area contributed by atoms with Gasteiger partial charge in [-0.2, -0.15) is 0 Å². The Morgan fingerprint density at radius 3 is 2.88 bits per heavy atom. The lowest BCUT2D eigenvalue weighted by atomic mass is 9.98. The topological polar surface area (TPSA) is 72.2 Å². The van der Waals surface area contributed by atoms with Gasteiger partial charge in [-0.1, -0.05) is 13.8 Å². The number of aliphatic carboxylic acids is 1. The Labute approximate surface area is 99.1 Å². The van der Waals surface area contributed by atoms with E-state index in [2.05, 4.69) is 4.98 Å². The minimum absolute atomic E-state index is 0.130. The SMILES string of the molecule is CC(C)c1cc(=O)n2c(n1)C(C(=O)O)CCC2. The van der Waals surface area contributed by atoms with Crippen LogP contribution in [0.4, 0.5) is 0 Å². The summed E-state index contributed by atoms with van der Waals surface area (Å²) in [6.07, 6.45) is 1.27. The Bertz CT molecular complexity index is 505. The summed E-state index contributed by atoms with van der Waals surface area (Å²) in [6, 6.07) is 1.51. The molecule has 0 saturated heterocycles. The minimum Gasteiger partial charge on any atom is -0.481 e. The van der Waals surface area contributed by atoms with E-state index in [1.54, 1.807) is 0 Å². The van der Waals surface area contributed by atoms with Crippen LogP contribution in [0.2, 0.25) is 0 Å². The summed E-state index contributed by atoms with van der Waals surface area (Å²) >= 11 is 0. The maximum absolute atomic E-state index is 11.9. The van der Waals surface area contributed by atoms with Gasteiger partial charge in [0.15, 0.2) is 0 Å². The third-order valence-electron chi connectivity index (χ3n) is 3.13. The highest BCUT2D eigenvalue weighted by Gasteiger charge is 2.29. The number of fused-ring (bicyclic) bond motifs is 1. The fraction of sp³-hybridized carbons (Fsp3) is 0.583. The van der Waals surface area contributed by atoms with E-state index >= 15 is 0 Å². The van der Waals surface area contributed by atoms with E-state index in [1.165, 1.54) is 10.6 Å². The molecule has 0 fully saturated rings. The Balaban J connectivity index is 2.59. The second-order valence-electron chi connectivity index (χ2n) is 4.72. The molecule has 0 amide bonds. The van der Waals surface area contributed by atoms with Crippen LogP contribution in [0.25, 0.3) is 0 Å². The highest BCUT2D eigenvalue weighted by molar-refractivity contribution is 5.75. The van der Waals surface area contributed by atoms with E-state index in [4.69, 9.17) is 5.11 Å². The van der Waals surface area contributed by atoms with Crippen molar-refractivity contribution in [2.24, 2.45) is 0 Å². The van der Waals surface area contributed by atoms with Crippen LogP contribution in [-0.2, 0) is 11.3 Å². The molecular formula is C12H16N2O3. The van der Waals surface area contributed by atoms with Crippen LogP contribution >= 0.6 is 0 Å². The van der Waals surface area contributed by atoms with Gasteiger partial charge in [0.25, 0.3) is 5.56 Å². The van der Waals surface area contributed by atoms with Gasteiger partial charge < -0.3 is 5.11 Å². The molecule has 0 bridgehead atoms. The van der Waals surface area contributed by atoms with Crippen molar-refractivity contribution in [1.82, 2.24) is 9.55 Å². The van der Waals surface area contributed by atoms with Crippen molar-refractivity contribution >= 4 is 5.97 Å². The summed E-state index contributed by atoms with van der Waals surface area (Å²) < 4.78 is 1.49. The van der Waals surface area contributed by atoms with E-state index in [-0.39, 0.29) is 11.5 Å². The quantitative estimate of drug-likeness (QED) is 0.840. The average molecular weight is 236 g/mol. The number of rotatable bonds is 2. The molecule has 0 saturated carbocycles. The predicted molar refractivity (Wildman–Crippen MR) is 62.2 cm³/mol. The van der Waals surface area contributed by atoms with Gasteiger partial charge in [-0.15, -0.1) is 0 Å². The molecule has 2 heterocycles. The van der Waals surface area contributed by atoms with E-state index in [0.29, 0.717) is 30.9 Å². The van der Waals surface area contributed by atoms with Crippen molar-refractivity contribution in [2.75, 3.05) is 0 Å². The first kappa shape index (κ1) is 11.8. The third-order valence-corrected chi connectivity index (χ3v) is 3.13. The number of carbonyl (C=O) groups is 1. The molecule has 1 atom stereocenters. The third kappa shape index (κ3) is 2.09. The average Bonchev–Trinajstić information content (AvgIpc) is 2.27. The van der Waals surface area contributed by atoms with Gasteiger partial charge >= 0.3 is 5.97 Å². The Morgan fingerprint density at radius 2 is 2.29 bits per heavy atom. The lowest BCUT2D eigenvalue weighted by Crippen LogP contribution is -2.33. The van der Waals surface area contributed by atoms with Crippen LogP contribution in [-0.4, -0.2) is 20.6 Å². The van der Waals surface area contributed by atoms with Crippen LogP contribution in [0.5, 0.6) is 0 Å². The number of nitrogens with zero attached hydrogens (tertiary/aromatic N) is 2. The molecule has 2 rings (SSSR count). The van der Waals surface area contributed by atoms with Gasteiger partial charge in [0.05, 0.1) is 5.69 Å². The predicted octanol–water partition coefficient (Wildman–Crippen LogP) is 1.33. The minimum atomic E-state index is -0.897. The van der Waals surface area contributed by atoms with Crippen molar-refractivity contribution in [2.45, 2.75) is 45.1 Å². The number of hydrogen-bond donors (Lipinski definition) is 1. The molecular weight excluding hydrogens is 220 g/mol. The van der Waals surface area contributed by atoms with Crippen LogP contribution in [0.3, 0.4) is 0 Å². The Hall–Kier alpha value is -1.65. The fourth-order valence-electron chi connectivity index (χ4n) is 2.15. The lowest BCUT2D eigenvalue weighted by molar-refractivity contribution is -0.139. The normalized spacial score (nSPS) is 19.1. The van der Waals surface area contributed by atoms with Gasteiger partial charge in [-0.25, -0.2) is 4.98 Å². The van der Waals surface area contributed by atoms with Crippen LogP contribution < -0.4 is 5.56 Å². The molecule has 1 aliphatic heterocycles. The standard InChI is InChI=1S/C12H16N2O3/c1-7(2)9-6-10(15)14-5-3-4-8(12(16)17)11(14)13-9/h6-8H,3-5H2,1-2H3,(H,16,17). The number of carboxylic acids is 1. The zero-order valence-electron chi connectivity index (χ0n) is 10.0. The maximum Gasteiger partial charge on any atom is 0.314 e. The van der Waals surface area contributed by atoms with Gasteiger partial charge in [-0.3, -0.25) is 14.2 Å². The van der Waals surface area contributed by atoms with Gasteiger partial charge in [-0.05, 0) is 18.8 Å². The highest BCUT2D eigenvalue weighted by Crippen LogP contribution is 2.25. The molecule has 17 heavy (non-hydrogen) atoms. The second-order valence-corrected chi connectivity index (χ2v) is 4.72. The zero-order valence-corrected chi connectivity index (χ0v) is 10.0. The summed E-state index contributed by atoms with van der Waals surface area (Å²) in [5, 5.41) is 9.15. The first-order valence-corrected chi connectivity index (χ1v) is 5.85. The summed E-state index contributed by atoms with van der Waals surface area (Å²) in [7, 11) is 0. The maximum atomic E-state index is 11.9. The van der Waals surface area contributed by atoms with Crippen LogP contribution in [0.15, 0.2) is 10.9 Å². The summed E-state index contributed by atoms with van der Waals surface area (Å²) in [4.78, 5) is 27.4. The summed E-state index contributed by atoms with van der Waals surface area (Å²) in [5.41, 5.74) is 0.541. The molecule has 5 heteroatoms. The Kier molecular flexibility index (Phi) is 3.00. The molecule has 0 radical (unpaired) electrons. The van der Waals surface area contributed by atoms with Crippen molar-refractivity contribution in [1.29, 1.82) is 0 Å². The van der Waals surface area contributed by atoms with Crippen molar-refractivity contribution in [3.63, 3.8) is 0 Å². The van der Waals surface area contributed by atoms with E-state index in [9.17, 15) is 9.59 Å². The smallest absolute Gasteiger partial charge is 0.314 e. The van der Waals surface area contributed by atoms with Crippen molar-refractivity contribution in [3.05, 3.63) is 27.9 Å². The summed E-state index contributed by atoms with van der Waals surface area (Å²) in [6.45, 7) is 4.46. The molecule has 5 nitrogen and oxygen atoms in total. The first-order chi connectivity index (χ1) is 8.00. The number of carboxylic acid groups (broad SMARTS) is 1. The van der Waals surface area contributed by atoms with Crippen molar-refractivity contribution in [3.8, 4) is 0 Å². The lowest BCUT2D eigenvalue weighted by Gasteiger charge is -2.23. The fourth-order valence-corrected chi connectivity index (χ4v) is 2.15. The number of aromatic nitrogens is 2. The molecule has 1 aromatic rings. The first-order valence-electron chi connectivity index (χ1n) is 5.85. The largest absolute Gasteiger partial charge is 0.481 e. The van der Waals surface area contributed by atoms with Crippen LogP contribution in [0.1, 0.15) is 50.0 Å². The van der Waals surface area contributed by atoms with Crippen LogP contribution in [0, 0.1) is 0 Å². The summed E-state index contributed by atoms with van der Waals surface area (Å²) in [5.74, 6) is -0.994. The Morgan fingerprint density at radius 1 is 1.59 bits per heavy atom. The highest BCUT2D eigenvalue weighted by atomic mass is 16.4. The monoisotopic (exact) mass is 236 g/mol.